The second-order valence-electron chi connectivity index (χ2n) is 7.68. The maximum Gasteiger partial charge on any atom is 0.251 e. The van der Waals surface area contributed by atoms with E-state index in [9.17, 15) is 9.59 Å². The Morgan fingerprint density at radius 3 is 2.45 bits per heavy atom. The van der Waals surface area contributed by atoms with Crippen LogP contribution in [0.1, 0.15) is 23.7 Å². The van der Waals surface area contributed by atoms with E-state index < -0.39 is 0 Å². The third-order valence-corrected chi connectivity index (χ3v) is 5.83. The van der Waals surface area contributed by atoms with Crippen LogP contribution in [0, 0.1) is 0 Å². The van der Waals surface area contributed by atoms with E-state index in [1.807, 2.05) is 35.2 Å². The average Bonchev–Trinajstić information content (AvgIpc) is 3.07. The van der Waals surface area contributed by atoms with Crippen LogP contribution in [-0.2, 0) is 11.3 Å². The third kappa shape index (κ3) is 3.85. The van der Waals surface area contributed by atoms with Crippen molar-refractivity contribution < 1.29 is 9.59 Å². The van der Waals surface area contributed by atoms with Crippen LogP contribution in [-0.4, -0.2) is 66.0 Å². The summed E-state index contributed by atoms with van der Waals surface area (Å²) < 4.78 is 2.26. The minimum absolute atomic E-state index is 0.111. The number of aryl methyl sites for hydroxylation is 1. The molecule has 6 nitrogen and oxygen atoms in total. The zero-order valence-corrected chi connectivity index (χ0v) is 17.1. The minimum Gasteiger partial charge on any atom is -0.352 e. The Morgan fingerprint density at radius 1 is 0.966 bits per heavy atom. The SMILES string of the molecule is CCn1c2ccccc2c2cc(C(=O)NCCC(=O)N3CCN(C)CC3)ccc21. The lowest BCUT2D eigenvalue weighted by atomic mass is 10.1. The fourth-order valence-corrected chi connectivity index (χ4v) is 4.13. The number of rotatable bonds is 5. The first-order valence-corrected chi connectivity index (χ1v) is 10.3. The number of fused-ring (bicyclic) bond motifs is 3. The Kier molecular flexibility index (Phi) is 5.53. The number of hydrogen-bond donors (Lipinski definition) is 1. The molecule has 3 aromatic rings. The standard InChI is InChI=1S/C23H28N4O2/c1-3-27-20-7-5-4-6-18(20)19-16-17(8-9-21(19)27)23(29)24-11-10-22(28)26-14-12-25(2)13-15-26/h4-9,16H,3,10-15H2,1-2H3,(H,24,29). The van der Waals surface area contributed by atoms with Crippen LogP contribution >= 0.6 is 0 Å². The first-order valence-electron chi connectivity index (χ1n) is 10.3. The molecule has 1 aromatic heterocycles. The fraction of sp³-hybridized carbons (Fsp3) is 0.391. The summed E-state index contributed by atoms with van der Waals surface area (Å²) in [4.78, 5) is 29.1. The van der Waals surface area contributed by atoms with Crippen LogP contribution in [0.4, 0.5) is 0 Å². The van der Waals surface area contributed by atoms with E-state index in [-0.39, 0.29) is 11.8 Å². The maximum absolute atomic E-state index is 12.7. The van der Waals surface area contributed by atoms with Gasteiger partial charge in [-0.05, 0) is 38.2 Å². The first-order chi connectivity index (χ1) is 14.1. The summed E-state index contributed by atoms with van der Waals surface area (Å²) in [6.07, 6.45) is 0.340. The highest BCUT2D eigenvalue weighted by Crippen LogP contribution is 2.29. The van der Waals surface area contributed by atoms with E-state index >= 15 is 0 Å². The zero-order valence-electron chi connectivity index (χ0n) is 17.1. The number of aromatic nitrogens is 1. The minimum atomic E-state index is -0.133. The van der Waals surface area contributed by atoms with E-state index in [0.29, 0.717) is 18.5 Å². The Bertz CT molecular complexity index is 1050. The number of para-hydroxylation sites is 1. The molecule has 0 aliphatic carbocycles. The van der Waals surface area contributed by atoms with Gasteiger partial charge in [-0.1, -0.05) is 18.2 Å². The molecule has 152 valence electrons. The molecule has 0 unspecified atom stereocenters. The lowest BCUT2D eigenvalue weighted by Crippen LogP contribution is -2.47. The molecule has 1 fully saturated rings. The Labute approximate surface area is 171 Å². The normalized spacial score (nSPS) is 15.2. The molecule has 29 heavy (non-hydrogen) atoms. The van der Waals surface area contributed by atoms with Crippen molar-refractivity contribution in [1.82, 2.24) is 19.7 Å². The van der Waals surface area contributed by atoms with Crippen molar-refractivity contribution >= 4 is 33.6 Å². The van der Waals surface area contributed by atoms with E-state index in [1.54, 1.807) is 0 Å². The van der Waals surface area contributed by atoms with E-state index in [2.05, 4.69) is 40.9 Å². The zero-order chi connectivity index (χ0) is 20.4. The Hall–Kier alpha value is -2.86. The summed E-state index contributed by atoms with van der Waals surface area (Å²) in [5, 5.41) is 5.15. The highest BCUT2D eigenvalue weighted by Gasteiger charge is 2.19. The van der Waals surface area contributed by atoms with Crippen molar-refractivity contribution in [3.63, 3.8) is 0 Å². The quantitative estimate of drug-likeness (QED) is 0.726. The average molecular weight is 393 g/mol. The fourth-order valence-electron chi connectivity index (χ4n) is 4.13. The topological polar surface area (TPSA) is 57.6 Å². The molecule has 0 spiro atoms. The number of carbonyl (C=O) groups is 2. The molecule has 6 heteroatoms. The molecule has 2 amide bonds. The third-order valence-electron chi connectivity index (χ3n) is 5.83. The number of hydrogen-bond acceptors (Lipinski definition) is 3. The van der Waals surface area contributed by atoms with Crippen LogP contribution in [0.2, 0.25) is 0 Å². The highest BCUT2D eigenvalue weighted by molar-refractivity contribution is 6.10. The number of benzene rings is 2. The molecule has 1 N–H and O–H groups in total. The summed E-state index contributed by atoms with van der Waals surface area (Å²) >= 11 is 0. The molecule has 1 aliphatic rings. The second kappa shape index (κ2) is 8.25. The van der Waals surface area contributed by atoms with Crippen molar-refractivity contribution in [2.75, 3.05) is 39.8 Å². The molecular weight excluding hydrogens is 364 g/mol. The number of piperazine rings is 1. The van der Waals surface area contributed by atoms with Gasteiger partial charge in [0, 0.05) is 73.1 Å². The van der Waals surface area contributed by atoms with Crippen molar-refractivity contribution in [1.29, 1.82) is 0 Å². The highest BCUT2D eigenvalue weighted by atomic mass is 16.2. The summed E-state index contributed by atoms with van der Waals surface area (Å²) in [5.41, 5.74) is 2.94. The van der Waals surface area contributed by atoms with E-state index in [0.717, 1.165) is 49.0 Å². The van der Waals surface area contributed by atoms with Gasteiger partial charge in [0.25, 0.3) is 5.91 Å². The van der Waals surface area contributed by atoms with Gasteiger partial charge in [0.15, 0.2) is 0 Å². The molecule has 4 rings (SSSR count). The van der Waals surface area contributed by atoms with Crippen LogP contribution in [0.25, 0.3) is 21.8 Å². The van der Waals surface area contributed by atoms with Gasteiger partial charge in [0.2, 0.25) is 5.91 Å². The van der Waals surface area contributed by atoms with Crippen molar-refractivity contribution in [3.05, 3.63) is 48.0 Å². The summed E-state index contributed by atoms with van der Waals surface area (Å²) in [6.45, 7) is 6.71. The van der Waals surface area contributed by atoms with Gasteiger partial charge in [0.05, 0.1) is 0 Å². The number of nitrogens with zero attached hydrogens (tertiary/aromatic N) is 3. The summed E-state index contributed by atoms with van der Waals surface area (Å²) in [7, 11) is 2.07. The Morgan fingerprint density at radius 2 is 1.69 bits per heavy atom. The second-order valence-corrected chi connectivity index (χ2v) is 7.68. The molecular formula is C23H28N4O2. The van der Waals surface area contributed by atoms with Gasteiger partial charge < -0.3 is 19.7 Å². The van der Waals surface area contributed by atoms with Gasteiger partial charge in [-0.2, -0.15) is 0 Å². The van der Waals surface area contributed by atoms with Gasteiger partial charge in [0.1, 0.15) is 0 Å². The number of carbonyl (C=O) groups excluding carboxylic acids is 2. The molecule has 1 saturated heterocycles. The molecule has 2 heterocycles. The van der Waals surface area contributed by atoms with E-state index in [1.165, 1.54) is 5.52 Å². The summed E-state index contributed by atoms with van der Waals surface area (Å²) in [5.74, 6) is -0.0220. The molecule has 1 aliphatic heterocycles. The van der Waals surface area contributed by atoms with Gasteiger partial charge in [-0.25, -0.2) is 0 Å². The molecule has 0 atom stereocenters. The Balaban J connectivity index is 1.44. The van der Waals surface area contributed by atoms with E-state index in [4.69, 9.17) is 0 Å². The van der Waals surface area contributed by atoms with Crippen molar-refractivity contribution in [2.24, 2.45) is 0 Å². The smallest absolute Gasteiger partial charge is 0.251 e. The molecule has 0 saturated carbocycles. The van der Waals surface area contributed by atoms with Gasteiger partial charge in [-0.3, -0.25) is 9.59 Å². The number of amides is 2. The monoisotopic (exact) mass is 392 g/mol. The maximum atomic E-state index is 12.7. The molecule has 0 radical (unpaired) electrons. The van der Waals surface area contributed by atoms with Crippen LogP contribution < -0.4 is 5.32 Å². The van der Waals surface area contributed by atoms with Gasteiger partial charge >= 0.3 is 0 Å². The van der Waals surface area contributed by atoms with Crippen molar-refractivity contribution in [2.45, 2.75) is 19.9 Å². The summed E-state index contributed by atoms with van der Waals surface area (Å²) in [6, 6.07) is 14.1. The lowest BCUT2D eigenvalue weighted by molar-refractivity contribution is -0.132. The largest absolute Gasteiger partial charge is 0.352 e. The first kappa shape index (κ1) is 19.5. The predicted octanol–water partition coefficient (Wildman–Crippen LogP) is 2.71. The van der Waals surface area contributed by atoms with Crippen LogP contribution in [0.3, 0.4) is 0 Å². The van der Waals surface area contributed by atoms with Crippen molar-refractivity contribution in [3.8, 4) is 0 Å². The van der Waals surface area contributed by atoms with Crippen LogP contribution in [0.5, 0.6) is 0 Å². The molecule has 2 aromatic carbocycles. The molecule has 0 bridgehead atoms. The van der Waals surface area contributed by atoms with Crippen LogP contribution in [0.15, 0.2) is 42.5 Å². The number of nitrogens with one attached hydrogen (secondary N) is 1. The number of likely N-dealkylation sites (N-methyl/N-ethyl adjacent to an activating group) is 1. The predicted molar refractivity (Wildman–Crippen MR) is 116 cm³/mol. The van der Waals surface area contributed by atoms with Gasteiger partial charge in [-0.15, -0.1) is 0 Å². The lowest BCUT2D eigenvalue weighted by Gasteiger charge is -2.32.